The molecule has 8 nitrogen and oxygen atoms in total. The number of benzene rings is 4. The van der Waals surface area contributed by atoms with Crippen LogP contribution in [-0.2, 0) is 32.6 Å². The normalized spacial score (nSPS) is 14.5. The number of aliphatic hydroxyl groups is 1. The maximum atomic E-state index is 13.7. The number of fused-ring (bicyclic) bond motifs is 1. The van der Waals surface area contributed by atoms with Gasteiger partial charge in [0.15, 0.2) is 6.10 Å². The fourth-order valence-corrected chi connectivity index (χ4v) is 6.31. The highest BCUT2D eigenvalue weighted by molar-refractivity contribution is 7.89. The van der Waals surface area contributed by atoms with Gasteiger partial charge in [-0.2, -0.15) is 4.72 Å². The van der Waals surface area contributed by atoms with Gasteiger partial charge in [0, 0.05) is 11.9 Å². The molecule has 0 saturated carbocycles. The Morgan fingerprint density at radius 1 is 0.786 bits per heavy atom. The summed E-state index contributed by atoms with van der Waals surface area (Å²) in [6.45, 7) is 3.86. The van der Waals surface area contributed by atoms with Crippen LogP contribution in [0.2, 0.25) is 0 Å². The Kier molecular flexibility index (Phi) is 10.5. The first kappa shape index (κ1) is 30.9. The zero-order chi connectivity index (χ0) is 30.1. The summed E-state index contributed by atoms with van der Waals surface area (Å²) in [5.41, 5.74) is 1.66. The summed E-state index contributed by atoms with van der Waals surface area (Å²) >= 11 is 0. The standard InChI is InChI=1S/C33H37N3O5S/c1-3-23(2)30(36-42(40,41)29-20-12-18-26-17-10-11-19-27(26)29)32(38)35-28(21-24-13-6-4-7-14-24)31(37)33(39)34-22-25-15-8-5-9-16-25/h4-20,23,28,30-31,36-37H,3,21-22H2,1-2H3,(H,34,39)(H,35,38)/t23-,28-,30-,31+/m0/s1. The van der Waals surface area contributed by atoms with Crippen LogP contribution in [0.15, 0.2) is 108 Å². The Labute approximate surface area is 247 Å². The van der Waals surface area contributed by atoms with Crippen molar-refractivity contribution < 1.29 is 23.1 Å². The molecule has 0 spiro atoms. The lowest BCUT2D eigenvalue weighted by Gasteiger charge is -2.29. The van der Waals surface area contributed by atoms with E-state index in [0.29, 0.717) is 11.8 Å². The number of rotatable bonds is 13. The average molecular weight is 588 g/mol. The molecule has 0 unspecified atom stereocenters. The predicted octanol–water partition coefficient (Wildman–Crippen LogP) is 3.94. The summed E-state index contributed by atoms with van der Waals surface area (Å²) in [7, 11) is -4.11. The third-order valence-electron chi connectivity index (χ3n) is 7.40. The van der Waals surface area contributed by atoms with Gasteiger partial charge in [-0.15, -0.1) is 0 Å². The number of hydrogen-bond donors (Lipinski definition) is 4. The van der Waals surface area contributed by atoms with Crippen molar-refractivity contribution >= 4 is 32.6 Å². The molecule has 0 fully saturated rings. The Morgan fingerprint density at radius 2 is 1.38 bits per heavy atom. The quantitative estimate of drug-likeness (QED) is 0.189. The molecule has 4 aromatic rings. The van der Waals surface area contributed by atoms with Gasteiger partial charge in [0.25, 0.3) is 5.91 Å². The largest absolute Gasteiger partial charge is 0.381 e. The first-order valence-electron chi connectivity index (χ1n) is 14.0. The first-order chi connectivity index (χ1) is 20.2. The molecule has 0 aliphatic heterocycles. The minimum atomic E-state index is -4.11. The molecular formula is C33H37N3O5S. The van der Waals surface area contributed by atoms with E-state index in [1.165, 1.54) is 6.07 Å². The SMILES string of the molecule is CC[C@H](C)[C@H](NS(=O)(=O)c1cccc2ccccc12)C(=O)N[C@@H](Cc1ccccc1)[C@@H](O)C(=O)NCc1ccccc1. The number of carbonyl (C=O) groups is 2. The first-order valence-corrected chi connectivity index (χ1v) is 15.5. The zero-order valence-electron chi connectivity index (χ0n) is 23.7. The molecular weight excluding hydrogens is 550 g/mol. The number of amides is 2. The maximum Gasteiger partial charge on any atom is 0.251 e. The van der Waals surface area contributed by atoms with E-state index in [1.807, 2.05) is 85.8 Å². The van der Waals surface area contributed by atoms with Crippen LogP contribution in [-0.4, -0.2) is 43.5 Å². The van der Waals surface area contributed by atoms with Gasteiger partial charge in [0.1, 0.15) is 6.04 Å². The Morgan fingerprint density at radius 3 is 2.05 bits per heavy atom. The zero-order valence-corrected chi connectivity index (χ0v) is 24.6. The molecule has 0 saturated heterocycles. The van der Waals surface area contributed by atoms with E-state index in [9.17, 15) is 23.1 Å². The highest BCUT2D eigenvalue weighted by Gasteiger charge is 2.34. The van der Waals surface area contributed by atoms with Gasteiger partial charge in [-0.25, -0.2) is 8.42 Å². The monoisotopic (exact) mass is 587 g/mol. The second-order valence-electron chi connectivity index (χ2n) is 10.4. The van der Waals surface area contributed by atoms with Crippen molar-refractivity contribution in [2.45, 2.75) is 56.3 Å². The van der Waals surface area contributed by atoms with Crippen LogP contribution in [0.5, 0.6) is 0 Å². The highest BCUT2D eigenvalue weighted by atomic mass is 32.2. The molecule has 0 aliphatic rings. The molecule has 0 bridgehead atoms. The van der Waals surface area contributed by atoms with Gasteiger partial charge in [-0.05, 0) is 34.9 Å². The third kappa shape index (κ3) is 7.82. The highest BCUT2D eigenvalue weighted by Crippen LogP contribution is 2.24. The lowest BCUT2D eigenvalue weighted by molar-refractivity contribution is -0.133. The van der Waals surface area contributed by atoms with Crippen LogP contribution in [0.4, 0.5) is 0 Å². The predicted molar refractivity (Wildman–Crippen MR) is 164 cm³/mol. The van der Waals surface area contributed by atoms with Crippen molar-refractivity contribution in [1.82, 2.24) is 15.4 Å². The second-order valence-corrected chi connectivity index (χ2v) is 12.1. The van der Waals surface area contributed by atoms with Crippen LogP contribution in [0.3, 0.4) is 0 Å². The van der Waals surface area contributed by atoms with E-state index < -0.39 is 40.0 Å². The van der Waals surface area contributed by atoms with Crippen LogP contribution in [0.1, 0.15) is 31.4 Å². The third-order valence-corrected chi connectivity index (χ3v) is 8.90. The van der Waals surface area contributed by atoms with Crippen molar-refractivity contribution in [1.29, 1.82) is 0 Å². The van der Waals surface area contributed by atoms with Gasteiger partial charge >= 0.3 is 0 Å². The molecule has 0 aromatic heterocycles. The van der Waals surface area contributed by atoms with E-state index in [4.69, 9.17) is 0 Å². The van der Waals surface area contributed by atoms with Crippen LogP contribution >= 0.6 is 0 Å². The average Bonchev–Trinajstić information content (AvgIpc) is 3.02. The number of nitrogens with one attached hydrogen (secondary N) is 3. The number of sulfonamides is 1. The van der Waals surface area contributed by atoms with Gasteiger partial charge in [0.05, 0.1) is 10.9 Å². The lowest BCUT2D eigenvalue weighted by Crippen LogP contribution is -2.57. The Hall–Kier alpha value is -4.05. The van der Waals surface area contributed by atoms with Crippen molar-refractivity contribution in [3.05, 3.63) is 114 Å². The van der Waals surface area contributed by atoms with Crippen molar-refractivity contribution in [2.24, 2.45) is 5.92 Å². The molecule has 0 aliphatic carbocycles. The van der Waals surface area contributed by atoms with E-state index >= 15 is 0 Å². The molecule has 4 rings (SSSR count). The molecule has 9 heteroatoms. The maximum absolute atomic E-state index is 13.7. The second kappa shape index (κ2) is 14.2. The summed E-state index contributed by atoms with van der Waals surface area (Å²) in [4.78, 5) is 26.8. The van der Waals surface area contributed by atoms with E-state index in [2.05, 4.69) is 15.4 Å². The van der Waals surface area contributed by atoms with Crippen LogP contribution in [0.25, 0.3) is 10.8 Å². The molecule has 0 radical (unpaired) electrons. The molecule has 0 heterocycles. The minimum Gasteiger partial charge on any atom is -0.381 e. The number of carbonyl (C=O) groups excluding carboxylic acids is 2. The molecule has 220 valence electrons. The fraction of sp³-hybridized carbons (Fsp3) is 0.273. The van der Waals surface area contributed by atoms with Gasteiger partial charge < -0.3 is 15.7 Å². The summed E-state index contributed by atoms with van der Waals surface area (Å²) in [6, 6.07) is 28.5. The smallest absolute Gasteiger partial charge is 0.251 e. The van der Waals surface area contributed by atoms with Crippen molar-refractivity contribution in [3.63, 3.8) is 0 Å². The van der Waals surface area contributed by atoms with Gasteiger partial charge in [-0.3, -0.25) is 9.59 Å². The number of hydrogen-bond acceptors (Lipinski definition) is 5. The number of aliphatic hydroxyl groups excluding tert-OH is 1. The summed E-state index contributed by atoms with van der Waals surface area (Å²) in [5, 5.41) is 17.9. The van der Waals surface area contributed by atoms with Crippen LogP contribution < -0.4 is 15.4 Å². The summed E-state index contributed by atoms with van der Waals surface area (Å²) < 4.78 is 29.8. The lowest BCUT2D eigenvalue weighted by atomic mass is 9.96. The topological polar surface area (TPSA) is 125 Å². The Balaban J connectivity index is 1.57. The molecule has 42 heavy (non-hydrogen) atoms. The molecule has 4 aromatic carbocycles. The summed E-state index contributed by atoms with van der Waals surface area (Å²) in [6.07, 6.45) is -0.903. The van der Waals surface area contributed by atoms with Crippen molar-refractivity contribution in [2.75, 3.05) is 0 Å². The van der Waals surface area contributed by atoms with E-state index in [0.717, 1.165) is 16.5 Å². The summed E-state index contributed by atoms with van der Waals surface area (Å²) in [5.74, 6) is -1.64. The van der Waals surface area contributed by atoms with E-state index in [-0.39, 0.29) is 23.8 Å². The van der Waals surface area contributed by atoms with Crippen molar-refractivity contribution in [3.8, 4) is 0 Å². The van der Waals surface area contributed by atoms with Gasteiger partial charge in [-0.1, -0.05) is 117 Å². The molecule has 4 N–H and O–H groups in total. The van der Waals surface area contributed by atoms with Gasteiger partial charge in [0.2, 0.25) is 15.9 Å². The van der Waals surface area contributed by atoms with Crippen LogP contribution in [0, 0.1) is 5.92 Å². The van der Waals surface area contributed by atoms with E-state index in [1.54, 1.807) is 25.1 Å². The molecule has 2 amide bonds. The fourth-order valence-electron chi connectivity index (χ4n) is 4.78. The minimum absolute atomic E-state index is 0.0721. The Bertz CT molecular complexity index is 1590. The molecule has 4 atom stereocenters.